The van der Waals surface area contributed by atoms with Gasteiger partial charge in [-0.15, -0.1) is 6.42 Å². The molecule has 4 aromatic rings. The summed E-state index contributed by atoms with van der Waals surface area (Å²) < 4.78 is 91.2. The summed E-state index contributed by atoms with van der Waals surface area (Å²) in [5.41, 5.74) is -6.25. The number of benzene rings is 2. The van der Waals surface area contributed by atoms with Crippen molar-refractivity contribution in [2.45, 2.75) is 90.4 Å². The quantitative estimate of drug-likeness (QED) is 0.142. The molecule has 0 spiro atoms. The van der Waals surface area contributed by atoms with Crippen LogP contribution in [0, 0.1) is 23.2 Å². The van der Waals surface area contributed by atoms with Gasteiger partial charge in [0.05, 0.1) is 16.4 Å². The van der Waals surface area contributed by atoms with Crippen molar-refractivity contribution < 1.29 is 35.9 Å². The summed E-state index contributed by atoms with van der Waals surface area (Å²) >= 11 is 0. The van der Waals surface area contributed by atoms with Crippen molar-refractivity contribution in [3.8, 4) is 12.3 Å². The number of ketones is 2. The number of hydrogen-bond acceptors (Lipinski definition) is 6. The van der Waals surface area contributed by atoms with E-state index in [9.17, 15) is 22.8 Å². The number of aromatic nitrogens is 4. The van der Waals surface area contributed by atoms with Crippen molar-refractivity contribution in [1.82, 2.24) is 20.4 Å². The Morgan fingerprint density at radius 2 is 1.39 bits per heavy atom. The number of hydrogen-bond donors (Lipinski definition) is 3. The SMILES string of the molecule is C#Cc1[nH]nc2c1C(C)(c1ccccc1)C1=C(CC(C)(C)CC1=O)N2c1ccc(C2(C)C3=C(CC(C)(C)CC3=O)Nc3n[nH]c(C(F)(F)F)c32)c(C(F)(F)F)c1. The van der Waals surface area contributed by atoms with Crippen molar-refractivity contribution in [3.63, 3.8) is 0 Å². The second-order valence-electron chi connectivity index (χ2n) is 17.1. The van der Waals surface area contributed by atoms with Gasteiger partial charge in [-0.25, -0.2) is 0 Å². The van der Waals surface area contributed by atoms with Crippen LogP contribution in [0.4, 0.5) is 43.7 Å². The zero-order valence-corrected chi connectivity index (χ0v) is 31.5. The van der Waals surface area contributed by atoms with Crippen LogP contribution in [0.2, 0.25) is 0 Å². The normalized spacial score (nSPS) is 24.2. The summed E-state index contributed by atoms with van der Waals surface area (Å²) in [6.45, 7) is 10.5. The number of nitrogens with one attached hydrogen (secondary N) is 3. The third-order valence-corrected chi connectivity index (χ3v) is 11.9. The standard InChI is InChI=1S/C42H38F6N6O2/c1-8-25-31-36(53-50-25)54(27-18-38(4,5)20-29(56)32(27)39(31,6)21-12-10-9-11-13-21)22-14-15-23(24(16-22)41(43,44)45)40(7)30-26(17-37(2,3)19-28(30)55)49-35-33(40)34(51-52-35)42(46,47)48/h1,9-16H,17-20H2,2-7H3,(H,50,53)(H2,49,51,52). The van der Waals surface area contributed by atoms with Crippen LogP contribution in [-0.4, -0.2) is 32.0 Å². The van der Waals surface area contributed by atoms with E-state index in [2.05, 4.69) is 26.5 Å². The van der Waals surface area contributed by atoms with Crippen molar-refractivity contribution >= 4 is 28.9 Å². The Balaban J connectivity index is 1.43. The molecule has 2 unspecified atom stereocenters. The second kappa shape index (κ2) is 11.7. The van der Waals surface area contributed by atoms with Gasteiger partial charge in [-0.05, 0) is 60.8 Å². The number of nitrogens with zero attached hydrogens (tertiary/aromatic N) is 3. The van der Waals surface area contributed by atoms with Crippen LogP contribution in [0.25, 0.3) is 0 Å². The van der Waals surface area contributed by atoms with E-state index >= 15 is 13.2 Å². The fourth-order valence-corrected chi connectivity index (χ4v) is 9.72. The molecule has 0 bridgehead atoms. The zero-order chi connectivity index (χ0) is 40.5. The van der Waals surface area contributed by atoms with Crippen LogP contribution in [0.3, 0.4) is 0 Å². The molecule has 2 aliphatic carbocycles. The van der Waals surface area contributed by atoms with Crippen molar-refractivity contribution in [2.75, 3.05) is 10.2 Å². The summed E-state index contributed by atoms with van der Waals surface area (Å²) in [5, 5.41) is 16.2. The highest BCUT2D eigenvalue weighted by molar-refractivity contribution is 6.05. The van der Waals surface area contributed by atoms with E-state index in [1.54, 1.807) is 13.8 Å². The first kappa shape index (κ1) is 37.3. The zero-order valence-electron chi connectivity index (χ0n) is 31.5. The number of carbonyl (C=O) groups is 2. The van der Waals surface area contributed by atoms with Crippen molar-refractivity contribution in [3.05, 3.63) is 110 Å². The van der Waals surface area contributed by atoms with Crippen LogP contribution in [-0.2, 0) is 32.8 Å². The van der Waals surface area contributed by atoms with Crippen LogP contribution in [0.15, 0.2) is 71.1 Å². The van der Waals surface area contributed by atoms with Gasteiger partial charge in [-0.3, -0.25) is 24.7 Å². The molecule has 0 radical (unpaired) electrons. The molecule has 4 aliphatic rings. The van der Waals surface area contributed by atoms with E-state index in [0.717, 1.165) is 17.7 Å². The predicted molar refractivity (Wildman–Crippen MR) is 197 cm³/mol. The Morgan fingerprint density at radius 1 is 0.750 bits per heavy atom. The molecular formula is C42H38F6N6O2. The van der Waals surface area contributed by atoms with Gasteiger partial charge in [0.1, 0.15) is 11.4 Å². The predicted octanol–water partition coefficient (Wildman–Crippen LogP) is 9.63. The molecule has 2 aliphatic heterocycles. The molecule has 0 fully saturated rings. The summed E-state index contributed by atoms with van der Waals surface area (Å²) in [7, 11) is 0. The van der Waals surface area contributed by atoms with Gasteiger partial charge in [-0.2, -0.15) is 36.5 Å². The fourth-order valence-electron chi connectivity index (χ4n) is 9.72. The lowest BCUT2D eigenvalue weighted by molar-refractivity contribution is -0.142. The number of Topliss-reactive ketones (excluding diaryl/α,β-unsaturated/α-hetero) is 2. The molecule has 3 N–H and O–H groups in total. The molecule has 14 heteroatoms. The number of halogens is 6. The Hall–Kier alpha value is -5.58. The lowest BCUT2D eigenvalue weighted by Gasteiger charge is -2.48. The smallest absolute Gasteiger partial charge is 0.342 e. The van der Waals surface area contributed by atoms with Crippen LogP contribution in [0.1, 0.15) is 106 Å². The first-order chi connectivity index (χ1) is 26.0. The van der Waals surface area contributed by atoms with Gasteiger partial charge >= 0.3 is 12.4 Å². The van der Waals surface area contributed by atoms with E-state index in [0.29, 0.717) is 16.8 Å². The van der Waals surface area contributed by atoms with Crippen LogP contribution < -0.4 is 10.2 Å². The maximum Gasteiger partial charge on any atom is 0.433 e. The molecular weight excluding hydrogens is 734 g/mol. The second-order valence-corrected chi connectivity index (χ2v) is 17.1. The third-order valence-electron chi connectivity index (χ3n) is 11.9. The first-order valence-corrected chi connectivity index (χ1v) is 18.1. The highest BCUT2D eigenvalue weighted by atomic mass is 19.4. The highest BCUT2D eigenvalue weighted by Gasteiger charge is 2.57. The molecule has 4 heterocycles. The number of carbonyl (C=O) groups excluding carboxylic acids is 2. The highest BCUT2D eigenvalue weighted by Crippen LogP contribution is 2.60. The lowest BCUT2D eigenvalue weighted by atomic mass is 9.60. The molecule has 56 heavy (non-hydrogen) atoms. The summed E-state index contributed by atoms with van der Waals surface area (Å²) in [4.78, 5) is 29.9. The number of fused-ring (bicyclic) bond motifs is 2. The number of rotatable bonds is 3. The Kier molecular flexibility index (Phi) is 7.82. The molecule has 2 aromatic heterocycles. The first-order valence-electron chi connectivity index (χ1n) is 18.1. The number of allylic oxidation sites excluding steroid dienone is 4. The Bertz CT molecular complexity index is 2480. The molecule has 8 nitrogen and oxygen atoms in total. The number of alkyl halides is 6. The fraction of sp³-hybridized carbons (Fsp3) is 0.381. The maximum atomic E-state index is 15.7. The minimum atomic E-state index is -5.13. The molecule has 8 rings (SSSR count). The van der Waals surface area contributed by atoms with Crippen molar-refractivity contribution in [1.29, 1.82) is 0 Å². The number of aromatic amines is 2. The monoisotopic (exact) mass is 772 g/mol. The van der Waals surface area contributed by atoms with Gasteiger partial charge < -0.3 is 5.32 Å². The van der Waals surface area contributed by atoms with E-state index in [1.807, 2.05) is 56.2 Å². The molecule has 2 aromatic carbocycles. The Labute approximate surface area is 318 Å². The van der Waals surface area contributed by atoms with E-state index in [-0.39, 0.29) is 65.8 Å². The topological polar surface area (TPSA) is 107 Å². The number of H-pyrrole nitrogens is 2. The minimum absolute atomic E-state index is 0.0446. The van der Waals surface area contributed by atoms with E-state index in [1.165, 1.54) is 17.9 Å². The summed E-state index contributed by atoms with van der Waals surface area (Å²) in [6.07, 6.45) is -3.67. The van der Waals surface area contributed by atoms with Gasteiger partial charge in [0.15, 0.2) is 23.2 Å². The third kappa shape index (κ3) is 5.29. The molecule has 2 atom stereocenters. The summed E-state index contributed by atoms with van der Waals surface area (Å²) in [6, 6.07) is 12.6. The van der Waals surface area contributed by atoms with Gasteiger partial charge in [0, 0.05) is 52.2 Å². The molecule has 0 amide bonds. The average molecular weight is 773 g/mol. The van der Waals surface area contributed by atoms with Gasteiger partial charge in [0.25, 0.3) is 0 Å². The maximum absolute atomic E-state index is 15.7. The van der Waals surface area contributed by atoms with Crippen LogP contribution >= 0.6 is 0 Å². The van der Waals surface area contributed by atoms with E-state index in [4.69, 9.17) is 6.42 Å². The van der Waals surface area contributed by atoms with Crippen LogP contribution in [0.5, 0.6) is 0 Å². The van der Waals surface area contributed by atoms with Gasteiger partial charge in [-0.1, -0.05) is 70.0 Å². The van der Waals surface area contributed by atoms with E-state index < -0.39 is 62.2 Å². The average Bonchev–Trinajstić information content (AvgIpc) is 3.72. The molecule has 0 saturated heterocycles. The van der Waals surface area contributed by atoms with Crippen molar-refractivity contribution in [2.24, 2.45) is 10.8 Å². The van der Waals surface area contributed by atoms with Gasteiger partial charge in [0.2, 0.25) is 0 Å². The number of terminal acetylenes is 1. The summed E-state index contributed by atoms with van der Waals surface area (Å²) in [5.74, 6) is 1.72. The minimum Gasteiger partial charge on any atom is -0.342 e. The number of anilines is 3. The molecule has 290 valence electrons. The largest absolute Gasteiger partial charge is 0.433 e. The molecule has 0 saturated carbocycles. The Morgan fingerprint density at radius 3 is 2.02 bits per heavy atom. The lowest BCUT2D eigenvalue weighted by Crippen LogP contribution is -2.45.